The van der Waals surface area contributed by atoms with E-state index < -0.39 is 0 Å². The maximum absolute atomic E-state index is 5.27. The first-order valence-electron chi connectivity index (χ1n) is 12.3. The van der Waals surface area contributed by atoms with Crippen LogP contribution in [0.3, 0.4) is 0 Å². The van der Waals surface area contributed by atoms with Crippen LogP contribution in [0.2, 0.25) is 0 Å². The zero-order valence-electron chi connectivity index (χ0n) is 21.3. The van der Waals surface area contributed by atoms with Gasteiger partial charge in [0, 0.05) is 51.5 Å². The van der Waals surface area contributed by atoms with Crippen LogP contribution in [0.15, 0.2) is 54.6 Å². The highest BCUT2D eigenvalue weighted by Gasteiger charge is 2.21. The van der Waals surface area contributed by atoms with Crippen LogP contribution in [-0.4, -0.2) is 61.1 Å². The first-order valence-corrected chi connectivity index (χ1v) is 12.3. The number of benzene rings is 2. The minimum atomic E-state index is -0.0674. The van der Waals surface area contributed by atoms with E-state index in [1.807, 2.05) is 12.1 Å². The molecule has 34 heavy (non-hydrogen) atoms. The maximum Gasteiger partial charge on any atom is 0.119 e. The molecule has 182 valence electrons. The smallest absolute Gasteiger partial charge is 0.119 e. The summed E-state index contributed by atoms with van der Waals surface area (Å²) in [5, 5.41) is 8.56. The first kappa shape index (κ1) is 24.3. The van der Waals surface area contributed by atoms with E-state index in [4.69, 9.17) is 9.84 Å². The third kappa shape index (κ3) is 5.99. The van der Waals surface area contributed by atoms with E-state index in [0.29, 0.717) is 0 Å². The van der Waals surface area contributed by atoms with Gasteiger partial charge in [-0.15, -0.1) is 0 Å². The van der Waals surface area contributed by atoms with Crippen LogP contribution in [0, 0.1) is 6.92 Å². The molecule has 0 unspecified atom stereocenters. The number of anilines is 1. The largest absolute Gasteiger partial charge is 0.497 e. The van der Waals surface area contributed by atoms with Crippen molar-refractivity contribution in [3.05, 3.63) is 65.9 Å². The van der Waals surface area contributed by atoms with Crippen molar-refractivity contribution in [1.82, 2.24) is 20.0 Å². The summed E-state index contributed by atoms with van der Waals surface area (Å²) in [6, 6.07) is 19.3. The van der Waals surface area contributed by atoms with Crippen LogP contribution >= 0.6 is 0 Å². The molecule has 0 atom stereocenters. The molecular formula is C28H39N5O. The molecule has 0 aliphatic carbocycles. The molecule has 6 heteroatoms. The molecule has 2 heterocycles. The average Bonchev–Trinajstić information content (AvgIpc) is 3.28. The van der Waals surface area contributed by atoms with Crippen molar-refractivity contribution < 1.29 is 4.74 Å². The maximum atomic E-state index is 5.27. The highest BCUT2D eigenvalue weighted by molar-refractivity contribution is 5.61. The Balaban J connectivity index is 1.26. The summed E-state index contributed by atoms with van der Waals surface area (Å²) >= 11 is 0. The van der Waals surface area contributed by atoms with Gasteiger partial charge in [0.05, 0.1) is 24.0 Å². The van der Waals surface area contributed by atoms with Gasteiger partial charge in [0.1, 0.15) is 5.75 Å². The molecule has 1 fully saturated rings. The number of ether oxygens (including phenoxy) is 1. The lowest BCUT2D eigenvalue weighted by Crippen LogP contribution is -2.48. The Hall–Kier alpha value is -2.83. The molecule has 1 N–H and O–H groups in total. The molecule has 1 aliphatic rings. The Bertz CT molecular complexity index is 1040. The van der Waals surface area contributed by atoms with E-state index in [9.17, 15) is 0 Å². The Labute approximate surface area is 204 Å². The fourth-order valence-corrected chi connectivity index (χ4v) is 4.43. The SMILES string of the molecule is COc1ccc(N2CCN(CCNCc3cc(-c4ccc(C)cc4)n(C(C)(C)C)n3)CC2)cc1. The first-order chi connectivity index (χ1) is 16.3. The predicted octanol–water partition coefficient (Wildman–Crippen LogP) is 4.53. The van der Waals surface area contributed by atoms with Crippen molar-refractivity contribution in [2.24, 2.45) is 0 Å². The Morgan fingerprint density at radius 3 is 2.24 bits per heavy atom. The predicted molar refractivity (Wildman–Crippen MR) is 141 cm³/mol. The van der Waals surface area contributed by atoms with Crippen molar-refractivity contribution in [2.45, 2.75) is 39.8 Å². The lowest BCUT2D eigenvalue weighted by molar-refractivity contribution is 0.257. The summed E-state index contributed by atoms with van der Waals surface area (Å²) in [4.78, 5) is 4.99. The van der Waals surface area contributed by atoms with Gasteiger partial charge in [-0.2, -0.15) is 5.10 Å². The van der Waals surface area contributed by atoms with E-state index in [0.717, 1.165) is 57.3 Å². The van der Waals surface area contributed by atoms with Crippen LogP contribution in [-0.2, 0) is 12.1 Å². The van der Waals surface area contributed by atoms with Gasteiger partial charge in [-0.1, -0.05) is 29.8 Å². The summed E-state index contributed by atoms with van der Waals surface area (Å²) < 4.78 is 7.43. The number of aryl methyl sites for hydroxylation is 1. The van der Waals surface area contributed by atoms with Gasteiger partial charge in [-0.3, -0.25) is 9.58 Å². The van der Waals surface area contributed by atoms with Crippen LogP contribution in [0.4, 0.5) is 5.69 Å². The summed E-state index contributed by atoms with van der Waals surface area (Å²) in [5.41, 5.74) is 5.97. The summed E-state index contributed by atoms with van der Waals surface area (Å²) in [7, 11) is 1.71. The zero-order valence-corrected chi connectivity index (χ0v) is 21.3. The molecule has 1 aromatic heterocycles. The number of methoxy groups -OCH3 is 1. The van der Waals surface area contributed by atoms with Crippen LogP contribution in [0.5, 0.6) is 5.75 Å². The van der Waals surface area contributed by atoms with Gasteiger partial charge in [-0.05, 0) is 63.6 Å². The molecule has 0 radical (unpaired) electrons. The van der Waals surface area contributed by atoms with E-state index in [-0.39, 0.29) is 5.54 Å². The molecule has 0 amide bonds. The van der Waals surface area contributed by atoms with Gasteiger partial charge >= 0.3 is 0 Å². The van der Waals surface area contributed by atoms with Crippen LogP contribution < -0.4 is 15.0 Å². The standard InChI is InChI=1S/C28H39N5O/c1-22-6-8-23(9-7-22)27-20-24(30-33(27)28(2,3)4)21-29-14-15-31-16-18-32(19-17-31)25-10-12-26(34-5)13-11-25/h6-13,20,29H,14-19,21H2,1-5H3. The molecule has 6 nitrogen and oxygen atoms in total. The third-order valence-corrected chi connectivity index (χ3v) is 6.46. The average molecular weight is 462 g/mol. The summed E-state index contributed by atoms with van der Waals surface area (Å²) in [6.07, 6.45) is 0. The highest BCUT2D eigenvalue weighted by Crippen LogP contribution is 2.27. The van der Waals surface area contributed by atoms with Gasteiger partial charge in [0.2, 0.25) is 0 Å². The zero-order chi connectivity index (χ0) is 24.1. The molecule has 2 aromatic carbocycles. The topological polar surface area (TPSA) is 45.6 Å². The number of piperazine rings is 1. The van der Waals surface area contributed by atoms with Crippen molar-refractivity contribution in [2.75, 3.05) is 51.3 Å². The fourth-order valence-electron chi connectivity index (χ4n) is 4.43. The molecule has 4 rings (SSSR count). The van der Waals surface area contributed by atoms with Crippen LogP contribution in [0.25, 0.3) is 11.3 Å². The Kier molecular flexibility index (Phi) is 7.59. The van der Waals surface area contributed by atoms with Crippen molar-refractivity contribution in [3.8, 4) is 17.0 Å². The van der Waals surface area contributed by atoms with Crippen molar-refractivity contribution >= 4 is 5.69 Å². The molecule has 0 bridgehead atoms. The summed E-state index contributed by atoms with van der Waals surface area (Å²) in [6.45, 7) is 15.8. The Morgan fingerprint density at radius 1 is 0.941 bits per heavy atom. The molecule has 3 aromatic rings. The minimum absolute atomic E-state index is 0.0674. The molecule has 0 saturated carbocycles. The quantitative estimate of drug-likeness (QED) is 0.499. The van der Waals surface area contributed by atoms with Gasteiger partial charge in [0.25, 0.3) is 0 Å². The molecule has 1 aliphatic heterocycles. The number of hydrogen-bond acceptors (Lipinski definition) is 5. The second kappa shape index (κ2) is 10.6. The second-order valence-corrected chi connectivity index (χ2v) is 10.2. The van der Waals surface area contributed by atoms with Crippen molar-refractivity contribution in [1.29, 1.82) is 0 Å². The van der Waals surface area contributed by atoms with E-state index in [1.165, 1.54) is 22.5 Å². The monoisotopic (exact) mass is 461 g/mol. The number of nitrogens with zero attached hydrogens (tertiary/aromatic N) is 4. The van der Waals surface area contributed by atoms with E-state index >= 15 is 0 Å². The molecule has 0 spiro atoms. The third-order valence-electron chi connectivity index (χ3n) is 6.46. The number of rotatable bonds is 8. The molecule has 1 saturated heterocycles. The molecular weight excluding hydrogens is 422 g/mol. The number of aromatic nitrogens is 2. The number of nitrogens with one attached hydrogen (secondary N) is 1. The normalized spacial score (nSPS) is 15.0. The highest BCUT2D eigenvalue weighted by atomic mass is 16.5. The van der Waals surface area contributed by atoms with Crippen molar-refractivity contribution in [3.63, 3.8) is 0 Å². The van der Waals surface area contributed by atoms with Crippen LogP contribution in [0.1, 0.15) is 32.0 Å². The number of hydrogen-bond donors (Lipinski definition) is 1. The Morgan fingerprint density at radius 2 is 1.62 bits per heavy atom. The summed E-state index contributed by atoms with van der Waals surface area (Å²) in [5.74, 6) is 0.909. The minimum Gasteiger partial charge on any atom is -0.497 e. The second-order valence-electron chi connectivity index (χ2n) is 10.2. The lowest BCUT2D eigenvalue weighted by atomic mass is 10.1. The lowest BCUT2D eigenvalue weighted by Gasteiger charge is -2.36. The van der Waals surface area contributed by atoms with Gasteiger partial charge in [-0.25, -0.2) is 0 Å². The fraction of sp³-hybridized carbons (Fsp3) is 0.464. The van der Waals surface area contributed by atoms with E-state index in [1.54, 1.807) is 7.11 Å². The van der Waals surface area contributed by atoms with Gasteiger partial charge in [0.15, 0.2) is 0 Å². The van der Waals surface area contributed by atoms with Gasteiger partial charge < -0.3 is 15.0 Å². The van der Waals surface area contributed by atoms with E-state index in [2.05, 4.69) is 90.0 Å².